The van der Waals surface area contributed by atoms with Crippen molar-refractivity contribution in [1.82, 2.24) is 15.3 Å². The molecule has 0 fully saturated rings. The number of benzene rings is 2. The summed E-state index contributed by atoms with van der Waals surface area (Å²) in [4.78, 5) is 31.4. The molecule has 0 aliphatic heterocycles. The van der Waals surface area contributed by atoms with Gasteiger partial charge < -0.3 is 15.7 Å². The second-order valence-electron chi connectivity index (χ2n) is 8.77. The first-order valence-electron chi connectivity index (χ1n) is 11.8. The largest absolute Gasteiger partial charge is 0.387 e. The summed E-state index contributed by atoms with van der Waals surface area (Å²) in [6.45, 7) is 1.68. The van der Waals surface area contributed by atoms with Crippen molar-refractivity contribution in [1.29, 1.82) is 0 Å². The van der Waals surface area contributed by atoms with Gasteiger partial charge in [0.1, 0.15) is 11.2 Å². The van der Waals surface area contributed by atoms with Crippen LogP contribution in [0.15, 0.2) is 90.0 Å². The molecule has 1 aromatic heterocycles. The predicted molar refractivity (Wildman–Crippen MR) is 145 cm³/mol. The smallest absolute Gasteiger partial charge is 0.269 e. The average molecular weight is 551 g/mol. The van der Waals surface area contributed by atoms with Crippen molar-refractivity contribution >= 4 is 39.0 Å². The number of hydrogen-bond donors (Lipinski definition) is 4. The molecule has 0 saturated heterocycles. The molecule has 1 amide bonds. The van der Waals surface area contributed by atoms with E-state index >= 15 is 0 Å². The molecule has 0 spiro atoms. The zero-order valence-electron chi connectivity index (χ0n) is 21.0. The number of nitro benzene ring substituents is 1. The fraction of sp³-hybridized carbons (Fsp3) is 0.192. The van der Waals surface area contributed by atoms with E-state index in [1.807, 2.05) is 30.3 Å². The van der Waals surface area contributed by atoms with Gasteiger partial charge in [0.2, 0.25) is 11.9 Å². The van der Waals surface area contributed by atoms with Crippen LogP contribution in [0.3, 0.4) is 0 Å². The fourth-order valence-corrected chi connectivity index (χ4v) is 5.28. The van der Waals surface area contributed by atoms with Gasteiger partial charge in [0.05, 0.1) is 15.9 Å². The number of aromatic nitrogens is 2. The third-order valence-electron chi connectivity index (χ3n) is 6.41. The van der Waals surface area contributed by atoms with Crippen LogP contribution < -0.4 is 15.4 Å². The number of nitro groups is 1. The quantitative estimate of drug-likeness (QED) is 0.230. The molecule has 12 nitrogen and oxygen atoms in total. The maximum Gasteiger partial charge on any atom is 0.269 e. The topological polar surface area (TPSA) is 176 Å². The lowest BCUT2D eigenvalue weighted by molar-refractivity contribution is -0.384. The Hall–Kier alpha value is -4.62. The van der Waals surface area contributed by atoms with Gasteiger partial charge >= 0.3 is 0 Å². The van der Waals surface area contributed by atoms with Gasteiger partial charge in [-0.3, -0.25) is 19.6 Å². The van der Waals surface area contributed by atoms with Crippen molar-refractivity contribution in [2.24, 2.45) is 5.41 Å². The Bertz CT molecular complexity index is 1540. The monoisotopic (exact) mass is 550 g/mol. The van der Waals surface area contributed by atoms with Crippen LogP contribution in [0.5, 0.6) is 0 Å². The fourth-order valence-electron chi connectivity index (χ4n) is 4.28. The van der Waals surface area contributed by atoms with Gasteiger partial charge in [-0.1, -0.05) is 42.5 Å². The lowest BCUT2D eigenvalue weighted by atomic mass is 9.71. The number of aliphatic hydroxyl groups is 1. The van der Waals surface area contributed by atoms with E-state index in [9.17, 15) is 28.4 Å². The van der Waals surface area contributed by atoms with Crippen molar-refractivity contribution in [2.45, 2.75) is 24.0 Å². The van der Waals surface area contributed by atoms with Crippen LogP contribution in [-0.2, 0) is 14.8 Å². The number of hydrogen-bond acceptors (Lipinski definition) is 9. The highest BCUT2D eigenvalue weighted by Gasteiger charge is 2.48. The molecule has 39 heavy (non-hydrogen) atoms. The highest BCUT2D eigenvalue weighted by atomic mass is 32.2. The Labute approximate surface area is 224 Å². The molecule has 1 aliphatic rings. The SMILES string of the molecule is CNC(=O)C1(C(C)Nc2nccc(NS(=O)(=O)c3ccc([N+](=O)[O-])cc3)n2)C=CC(c2ccccc2)=C[C@@H]1O. The van der Waals surface area contributed by atoms with Crippen LogP contribution in [-0.4, -0.2) is 53.5 Å². The van der Waals surface area contributed by atoms with Crippen LogP contribution in [0.4, 0.5) is 17.5 Å². The van der Waals surface area contributed by atoms with Gasteiger partial charge in [0.15, 0.2) is 0 Å². The molecular formula is C26H26N6O6S. The molecule has 2 aromatic carbocycles. The molecular weight excluding hydrogens is 524 g/mol. The number of rotatable bonds is 9. The second kappa shape index (κ2) is 11.0. The minimum absolute atomic E-state index is 0.00751. The summed E-state index contributed by atoms with van der Waals surface area (Å²) >= 11 is 0. The molecule has 1 heterocycles. The molecule has 4 rings (SSSR count). The van der Waals surface area contributed by atoms with E-state index in [2.05, 4.69) is 25.3 Å². The summed E-state index contributed by atoms with van der Waals surface area (Å²) in [5.41, 5.74) is -0.0276. The van der Waals surface area contributed by atoms with Gasteiger partial charge in [-0.2, -0.15) is 4.98 Å². The van der Waals surface area contributed by atoms with Gasteiger partial charge in [0.25, 0.3) is 15.7 Å². The molecule has 202 valence electrons. The molecule has 0 bridgehead atoms. The van der Waals surface area contributed by atoms with Crippen molar-refractivity contribution < 1.29 is 23.2 Å². The Kier molecular flexibility index (Phi) is 7.74. The summed E-state index contributed by atoms with van der Waals surface area (Å²) in [5.74, 6) is -0.504. The molecule has 3 atom stereocenters. The zero-order valence-corrected chi connectivity index (χ0v) is 21.8. The van der Waals surface area contributed by atoms with Crippen LogP contribution in [0.2, 0.25) is 0 Å². The van der Waals surface area contributed by atoms with Crippen molar-refractivity contribution in [2.75, 3.05) is 17.1 Å². The van der Waals surface area contributed by atoms with E-state index in [4.69, 9.17) is 0 Å². The maximum atomic E-state index is 13.1. The number of carbonyl (C=O) groups excluding carboxylic acids is 1. The van der Waals surface area contributed by atoms with E-state index in [0.29, 0.717) is 0 Å². The standard InChI is InChI=1S/C26H26N6O6S/c1-17(26(24(34)27-2)14-12-19(16-22(26)33)18-6-4-3-5-7-18)29-25-28-15-13-23(30-25)31-39(37,38)21-10-8-20(9-11-21)32(35)36/h3-17,22,33H,1-2H3,(H,27,34)(H2,28,29,30,31)/t17?,22-,26?/m0/s1. The number of sulfonamides is 1. The Balaban J connectivity index is 1.56. The molecule has 1 aliphatic carbocycles. The van der Waals surface area contributed by atoms with Crippen LogP contribution in [0.25, 0.3) is 5.57 Å². The summed E-state index contributed by atoms with van der Waals surface area (Å²) in [6, 6.07) is 14.4. The number of carbonyl (C=O) groups is 1. The van der Waals surface area contributed by atoms with E-state index in [1.165, 1.54) is 19.3 Å². The minimum atomic E-state index is -4.11. The average Bonchev–Trinajstić information content (AvgIpc) is 2.93. The number of amides is 1. The van der Waals surface area contributed by atoms with E-state index in [-0.39, 0.29) is 22.3 Å². The third kappa shape index (κ3) is 5.63. The molecule has 3 aromatic rings. The number of allylic oxidation sites excluding steroid dienone is 2. The van der Waals surface area contributed by atoms with E-state index < -0.39 is 38.4 Å². The first-order chi connectivity index (χ1) is 18.6. The van der Waals surface area contributed by atoms with Gasteiger partial charge in [-0.05, 0) is 42.3 Å². The summed E-state index contributed by atoms with van der Waals surface area (Å²) in [6.07, 6.45) is 5.13. The van der Waals surface area contributed by atoms with Crippen LogP contribution >= 0.6 is 0 Å². The predicted octanol–water partition coefficient (Wildman–Crippen LogP) is 2.73. The van der Waals surface area contributed by atoms with Crippen LogP contribution in [0.1, 0.15) is 12.5 Å². The summed E-state index contributed by atoms with van der Waals surface area (Å²) in [5, 5.41) is 27.6. The lowest BCUT2D eigenvalue weighted by Crippen LogP contribution is -2.55. The number of nitrogens with zero attached hydrogens (tertiary/aromatic N) is 3. The lowest BCUT2D eigenvalue weighted by Gasteiger charge is -2.40. The molecule has 4 N–H and O–H groups in total. The molecule has 0 saturated carbocycles. The first-order valence-corrected chi connectivity index (χ1v) is 13.3. The Morgan fingerprint density at radius 1 is 1.13 bits per heavy atom. The number of non-ortho nitro benzene ring substituents is 1. The third-order valence-corrected chi connectivity index (χ3v) is 7.78. The van der Waals surface area contributed by atoms with Crippen molar-refractivity contribution in [3.8, 4) is 0 Å². The van der Waals surface area contributed by atoms with Gasteiger partial charge in [-0.25, -0.2) is 13.4 Å². The normalized spacial score (nSPS) is 19.5. The maximum absolute atomic E-state index is 13.1. The van der Waals surface area contributed by atoms with Crippen LogP contribution in [0, 0.1) is 15.5 Å². The first kappa shape index (κ1) is 27.4. The van der Waals surface area contributed by atoms with E-state index in [0.717, 1.165) is 35.4 Å². The van der Waals surface area contributed by atoms with Gasteiger partial charge in [0, 0.05) is 31.4 Å². The molecule has 2 unspecified atom stereocenters. The number of aliphatic hydroxyl groups excluding tert-OH is 1. The number of anilines is 2. The summed E-state index contributed by atoms with van der Waals surface area (Å²) in [7, 11) is -2.64. The zero-order chi connectivity index (χ0) is 28.2. The molecule has 0 radical (unpaired) electrons. The summed E-state index contributed by atoms with van der Waals surface area (Å²) < 4.78 is 27.9. The highest BCUT2D eigenvalue weighted by Crippen LogP contribution is 2.38. The minimum Gasteiger partial charge on any atom is -0.387 e. The van der Waals surface area contributed by atoms with E-state index in [1.54, 1.807) is 25.2 Å². The number of nitrogens with one attached hydrogen (secondary N) is 3. The Morgan fingerprint density at radius 3 is 2.44 bits per heavy atom. The molecule has 13 heteroatoms. The highest BCUT2D eigenvalue weighted by molar-refractivity contribution is 7.92. The Morgan fingerprint density at radius 2 is 1.82 bits per heavy atom. The van der Waals surface area contributed by atoms with Gasteiger partial charge in [-0.15, -0.1) is 0 Å². The van der Waals surface area contributed by atoms with Crippen molar-refractivity contribution in [3.63, 3.8) is 0 Å². The van der Waals surface area contributed by atoms with Crippen molar-refractivity contribution in [3.05, 3.63) is 101 Å². The second-order valence-corrected chi connectivity index (χ2v) is 10.4.